The molecule has 24 heavy (non-hydrogen) atoms. The van der Waals surface area contributed by atoms with E-state index in [-0.39, 0.29) is 11.7 Å². The van der Waals surface area contributed by atoms with Crippen LogP contribution in [0, 0.1) is 0 Å². The number of methoxy groups -OCH3 is 1. The van der Waals surface area contributed by atoms with Crippen LogP contribution in [0.3, 0.4) is 0 Å². The standard InChI is InChI=1S/C17H16BrN3O3/c1-23-15-5-3-2-4-12(15)8-19-17(22)16-7-6-14(24-16)11-21-10-13(18)9-20-21/h2-7,9-10H,8,11H2,1H3,(H,19,22). The van der Waals surface area contributed by atoms with E-state index >= 15 is 0 Å². The summed E-state index contributed by atoms with van der Waals surface area (Å²) >= 11 is 3.34. The van der Waals surface area contributed by atoms with Gasteiger partial charge in [-0.05, 0) is 34.1 Å². The number of carbonyl (C=O) groups is 1. The third-order valence-electron chi connectivity index (χ3n) is 3.44. The van der Waals surface area contributed by atoms with Crippen LogP contribution >= 0.6 is 15.9 Å². The summed E-state index contributed by atoms with van der Waals surface area (Å²) in [5.41, 5.74) is 0.904. The molecule has 2 heterocycles. The van der Waals surface area contributed by atoms with Crippen LogP contribution in [-0.4, -0.2) is 22.8 Å². The van der Waals surface area contributed by atoms with Gasteiger partial charge in [0.2, 0.25) is 0 Å². The molecule has 0 atom stereocenters. The lowest BCUT2D eigenvalue weighted by molar-refractivity contribution is 0.0921. The highest BCUT2D eigenvalue weighted by molar-refractivity contribution is 9.10. The molecule has 1 N–H and O–H groups in total. The number of amides is 1. The summed E-state index contributed by atoms with van der Waals surface area (Å²) in [7, 11) is 1.60. The van der Waals surface area contributed by atoms with Crippen molar-refractivity contribution in [1.29, 1.82) is 0 Å². The van der Waals surface area contributed by atoms with E-state index in [1.54, 1.807) is 30.1 Å². The average molecular weight is 390 g/mol. The SMILES string of the molecule is COc1ccccc1CNC(=O)c1ccc(Cn2cc(Br)cn2)o1. The molecule has 1 amide bonds. The highest BCUT2D eigenvalue weighted by Crippen LogP contribution is 2.17. The normalized spacial score (nSPS) is 10.6. The lowest BCUT2D eigenvalue weighted by Gasteiger charge is -2.08. The fourth-order valence-electron chi connectivity index (χ4n) is 2.28. The molecule has 0 aliphatic rings. The van der Waals surface area contributed by atoms with Gasteiger partial charge in [-0.2, -0.15) is 5.10 Å². The molecule has 0 aliphatic heterocycles. The van der Waals surface area contributed by atoms with E-state index in [2.05, 4.69) is 26.3 Å². The molecule has 0 radical (unpaired) electrons. The van der Waals surface area contributed by atoms with Crippen molar-refractivity contribution < 1.29 is 13.9 Å². The van der Waals surface area contributed by atoms with Crippen molar-refractivity contribution in [2.45, 2.75) is 13.1 Å². The molecule has 3 aromatic rings. The first-order valence-electron chi connectivity index (χ1n) is 7.32. The van der Waals surface area contributed by atoms with E-state index in [1.165, 1.54) is 0 Å². The van der Waals surface area contributed by atoms with E-state index in [1.807, 2.05) is 30.5 Å². The van der Waals surface area contributed by atoms with Gasteiger partial charge in [0.1, 0.15) is 11.5 Å². The summed E-state index contributed by atoms with van der Waals surface area (Å²) in [4.78, 5) is 12.2. The molecule has 0 fully saturated rings. The highest BCUT2D eigenvalue weighted by atomic mass is 79.9. The lowest BCUT2D eigenvalue weighted by Crippen LogP contribution is -2.22. The Morgan fingerprint density at radius 2 is 2.17 bits per heavy atom. The van der Waals surface area contributed by atoms with Crippen molar-refractivity contribution >= 4 is 21.8 Å². The third-order valence-corrected chi connectivity index (χ3v) is 3.85. The summed E-state index contributed by atoms with van der Waals surface area (Å²) in [6.07, 6.45) is 3.54. The Labute approximate surface area is 147 Å². The molecule has 0 spiro atoms. The summed E-state index contributed by atoms with van der Waals surface area (Å²) in [6.45, 7) is 0.830. The van der Waals surface area contributed by atoms with Crippen LogP contribution in [0.15, 0.2) is 57.7 Å². The largest absolute Gasteiger partial charge is 0.496 e. The van der Waals surface area contributed by atoms with Gasteiger partial charge in [0.25, 0.3) is 5.91 Å². The summed E-state index contributed by atoms with van der Waals surface area (Å²) < 4.78 is 13.5. The van der Waals surface area contributed by atoms with E-state index in [0.29, 0.717) is 18.8 Å². The maximum atomic E-state index is 12.2. The number of nitrogens with one attached hydrogen (secondary N) is 1. The van der Waals surface area contributed by atoms with Gasteiger partial charge in [-0.3, -0.25) is 9.48 Å². The molecule has 124 valence electrons. The Kier molecular flexibility index (Phi) is 5.00. The third kappa shape index (κ3) is 3.86. The second-order valence-electron chi connectivity index (χ2n) is 5.12. The first-order chi connectivity index (χ1) is 11.7. The van der Waals surface area contributed by atoms with E-state index < -0.39 is 0 Å². The van der Waals surface area contributed by atoms with Gasteiger partial charge in [0.05, 0.1) is 24.3 Å². The Bertz CT molecular complexity index is 841. The molecule has 0 bridgehead atoms. The smallest absolute Gasteiger partial charge is 0.287 e. The number of hydrogen-bond acceptors (Lipinski definition) is 4. The van der Waals surface area contributed by atoms with Crippen molar-refractivity contribution in [3.05, 3.63) is 70.3 Å². The van der Waals surface area contributed by atoms with Crippen LogP contribution in [0.1, 0.15) is 21.9 Å². The molecule has 1 aromatic carbocycles. The fraction of sp³-hybridized carbons (Fsp3) is 0.176. The number of carbonyl (C=O) groups excluding carboxylic acids is 1. The number of benzene rings is 1. The molecule has 0 aliphatic carbocycles. The molecule has 2 aromatic heterocycles. The van der Waals surface area contributed by atoms with E-state index in [4.69, 9.17) is 9.15 Å². The number of halogens is 1. The first-order valence-corrected chi connectivity index (χ1v) is 8.12. The Morgan fingerprint density at radius 3 is 2.92 bits per heavy atom. The molecule has 6 nitrogen and oxygen atoms in total. The Morgan fingerprint density at radius 1 is 1.33 bits per heavy atom. The molecule has 0 unspecified atom stereocenters. The second-order valence-corrected chi connectivity index (χ2v) is 6.03. The number of furan rings is 1. The predicted octanol–water partition coefficient (Wildman–Crippen LogP) is 3.23. The van der Waals surface area contributed by atoms with Gasteiger partial charge in [-0.15, -0.1) is 0 Å². The molecule has 3 rings (SSSR count). The quantitative estimate of drug-likeness (QED) is 0.702. The molecule has 0 saturated carbocycles. The predicted molar refractivity (Wildman–Crippen MR) is 91.9 cm³/mol. The zero-order valence-corrected chi connectivity index (χ0v) is 14.6. The Hall–Kier alpha value is -2.54. The van der Waals surface area contributed by atoms with Crippen molar-refractivity contribution in [1.82, 2.24) is 15.1 Å². The number of rotatable bonds is 6. The van der Waals surface area contributed by atoms with Gasteiger partial charge in [-0.25, -0.2) is 0 Å². The van der Waals surface area contributed by atoms with E-state index in [0.717, 1.165) is 15.8 Å². The zero-order chi connectivity index (χ0) is 16.9. The monoisotopic (exact) mass is 389 g/mol. The van der Waals surface area contributed by atoms with Crippen LogP contribution in [0.2, 0.25) is 0 Å². The molecule has 0 saturated heterocycles. The molecular weight excluding hydrogens is 374 g/mol. The molecular formula is C17H16BrN3O3. The summed E-state index contributed by atoms with van der Waals surface area (Å²) in [6, 6.07) is 11.0. The van der Waals surface area contributed by atoms with Gasteiger partial charge in [0.15, 0.2) is 5.76 Å². The summed E-state index contributed by atoms with van der Waals surface area (Å²) in [5, 5.41) is 6.98. The van der Waals surface area contributed by atoms with Gasteiger partial charge < -0.3 is 14.5 Å². The van der Waals surface area contributed by atoms with Crippen molar-refractivity contribution in [3.63, 3.8) is 0 Å². The van der Waals surface area contributed by atoms with Gasteiger partial charge in [-0.1, -0.05) is 18.2 Å². The number of aromatic nitrogens is 2. The van der Waals surface area contributed by atoms with Crippen LogP contribution in [0.5, 0.6) is 5.75 Å². The lowest BCUT2D eigenvalue weighted by atomic mass is 10.2. The average Bonchev–Trinajstić information content (AvgIpc) is 3.22. The minimum absolute atomic E-state index is 0.270. The van der Waals surface area contributed by atoms with Crippen LogP contribution in [0.25, 0.3) is 0 Å². The number of nitrogens with zero attached hydrogens (tertiary/aromatic N) is 2. The first kappa shape index (κ1) is 16.3. The van der Waals surface area contributed by atoms with Crippen molar-refractivity contribution in [2.75, 3.05) is 7.11 Å². The van der Waals surface area contributed by atoms with Crippen LogP contribution in [0.4, 0.5) is 0 Å². The van der Waals surface area contributed by atoms with Gasteiger partial charge >= 0.3 is 0 Å². The number of hydrogen-bond donors (Lipinski definition) is 1. The highest BCUT2D eigenvalue weighted by Gasteiger charge is 2.12. The Balaban J connectivity index is 1.61. The fourth-order valence-corrected chi connectivity index (χ4v) is 2.61. The zero-order valence-electron chi connectivity index (χ0n) is 13.0. The van der Waals surface area contributed by atoms with Crippen LogP contribution < -0.4 is 10.1 Å². The van der Waals surface area contributed by atoms with E-state index in [9.17, 15) is 4.79 Å². The molecule has 7 heteroatoms. The summed E-state index contributed by atoms with van der Waals surface area (Å²) in [5.74, 6) is 1.40. The maximum Gasteiger partial charge on any atom is 0.287 e. The second kappa shape index (κ2) is 7.35. The topological polar surface area (TPSA) is 69.3 Å². The maximum absolute atomic E-state index is 12.2. The number of ether oxygens (including phenoxy) is 1. The van der Waals surface area contributed by atoms with Gasteiger partial charge in [0, 0.05) is 18.3 Å². The minimum Gasteiger partial charge on any atom is -0.496 e. The minimum atomic E-state index is -0.270. The van der Waals surface area contributed by atoms with Crippen molar-refractivity contribution in [2.24, 2.45) is 0 Å². The number of para-hydroxylation sites is 1. The van der Waals surface area contributed by atoms with Crippen LogP contribution in [-0.2, 0) is 13.1 Å². The van der Waals surface area contributed by atoms with Crippen molar-refractivity contribution in [3.8, 4) is 5.75 Å².